The van der Waals surface area contributed by atoms with E-state index in [0.717, 1.165) is 0 Å². The van der Waals surface area contributed by atoms with Crippen LogP contribution in [0.25, 0.3) is 0 Å². The maximum absolute atomic E-state index is 13.3. The molecule has 0 radical (unpaired) electrons. The molecule has 1 atom stereocenters. The van der Waals surface area contributed by atoms with Gasteiger partial charge in [-0.2, -0.15) is 0 Å². The van der Waals surface area contributed by atoms with Gasteiger partial charge in [-0.1, -0.05) is 12.1 Å². The predicted molar refractivity (Wildman–Crippen MR) is 131 cm³/mol. The molecule has 2 aromatic rings. The molecule has 1 saturated heterocycles. The van der Waals surface area contributed by atoms with Gasteiger partial charge in [-0.05, 0) is 56.5 Å². The van der Waals surface area contributed by atoms with Crippen LogP contribution in [-0.2, 0) is 19.4 Å². The molecule has 9 heteroatoms. The Kier molecular flexibility index (Phi) is 6.58. The van der Waals surface area contributed by atoms with E-state index in [4.69, 9.17) is 4.74 Å². The number of nitrogens with zero attached hydrogens (tertiary/aromatic N) is 2. The first kappa shape index (κ1) is 24.1. The van der Waals surface area contributed by atoms with Crippen LogP contribution >= 0.6 is 0 Å². The van der Waals surface area contributed by atoms with Crippen molar-refractivity contribution in [2.45, 2.75) is 44.3 Å². The van der Waals surface area contributed by atoms with Crippen molar-refractivity contribution in [2.75, 3.05) is 43.0 Å². The average molecular weight is 486 g/mol. The Bertz CT molecular complexity index is 1230. The van der Waals surface area contributed by atoms with Gasteiger partial charge in [0.1, 0.15) is 5.75 Å². The van der Waals surface area contributed by atoms with Crippen molar-refractivity contribution in [2.24, 2.45) is 0 Å². The lowest BCUT2D eigenvalue weighted by atomic mass is 10.1. The number of rotatable bonds is 5. The highest BCUT2D eigenvalue weighted by Crippen LogP contribution is 2.34. The van der Waals surface area contributed by atoms with Gasteiger partial charge in [-0.25, -0.2) is 8.42 Å². The quantitative estimate of drug-likeness (QED) is 0.700. The van der Waals surface area contributed by atoms with E-state index in [-0.39, 0.29) is 29.7 Å². The molecular weight excluding hydrogens is 454 g/mol. The van der Waals surface area contributed by atoms with Crippen molar-refractivity contribution >= 4 is 33.0 Å². The number of hydrogen-bond acceptors (Lipinski definition) is 6. The summed E-state index contributed by atoms with van der Waals surface area (Å²) in [6.45, 7) is 9.79. The van der Waals surface area contributed by atoms with Crippen LogP contribution in [0.15, 0.2) is 35.2 Å². The van der Waals surface area contributed by atoms with Gasteiger partial charge in [0.2, 0.25) is 5.91 Å². The molecule has 2 aliphatic rings. The molecule has 1 unspecified atom stereocenters. The molecule has 0 spiro atoms. The van der Waals surface area contributed by atoms with E-state index in [1.165, 1.54) is 22.9 Å². The molecule has 0 aromatic heterocycles. The maximum atomic E-state index is 13.3. The zero-order valence-corrected chi connectivity index (χ0v) is 20.9. The van der Waals surface area contributed by atoms with Crippen molar-refractivity contribution < 1.29 is 22.7 Å². The molecular formula is C25H31N3O5S. The van der Waals surface area contributed by atoms with E-state index in [1.54, 1.807) is 24.8 Å². The molecule has 0 bridgehead atoms. The van der Waals surface area contributed by atoms with Gasteiger partial charge in [0, 0.05) is 44.4 Å². The monoisotopic (exact) mass is 485 g/mol. The fraction of sp³-hybridized carbons (Fsp3) is 0.440. The Morgan fingerprint density at radius 2 is 1.76 bits per heavy atom. The number of benzene rings is 2. The second-order valence-corrected chi connectivity index (χ2v) is 11.5. The van der Waals surface area contributed by atoms with Crippen LogP contribution in [0.5, 0.6) is 5.75 Å². The van der Waals surface area contributed by atoms with Crippen LogP contribution in [0.3, 0.4) is 0 Å². The van der Waals surface area contributed by atoms with E-state index < -0.39 is 15.1 Å². The zero-order valence-electron chi connectivity index (χ0n) is 20.1. The fourth-order valence-corrected chi connectivity index (χ4v) is 6.06. The first-order valence-electron chi connectivity index (χ1n) is 11.5. The van der Waals surface area contributed by atoms with E-state index in [9.17, 15) is 18.0 Å². The summed E-state index contributed by atoms with van der Waals surface area (Å²) < 4.78 is 32.0. The summed E-state index contributed by atoms with van der Waals surface area (Å²) in [5, 5.41) is 1.80. The number of hydrogen-bond donors (Lipinski definition) is 1. The minimum absolute atomic E-state index is 0.0834. The van der Waals surface area contributed by atoms with Crippen molar-refractivity contribution in [3.8, 4) is 5.75 Å². The van der Waals surface area contributed by atoms with Crippen LogP contribution in [0, 0.1) is 20.8 Å². The van der Waals surface area contributed by atoms with Gasteiger partial charge in [-0.3, -0.25) is 9.59 Å². The van der Waals surface area contributed by atoms with Crippen LogP contribution in [0.2, 0.25) is 0 Å². The second-order valence-electron chi connectivity index (χ2n) is 9.17. The first-order chi connectivity index (χ1) is 16.1. The second kappa shape index (κ2) is 9.29. The molecule has 4 rings (SSSR count). The fourth-order valence-electron chi connectivity index (χ4n) is 4.48. The smallest absolute Gasteiger partial charge is 0.262 e. The van der Waals surface area contributed by atoms with E-state index in [0.29, 0.717) is 43.2 Å². The van der Waals surface area contributed by atoms with Crippen molar-refractivity contribution in [3.05, 3.63) is 47.0 Å². The third-order valence-corrected chi connectivity index (χ3v) is 8.83. The standard InChI is InChI=1S/C25H31N3O5S/c1-16-5-6-17(2)21(11-16)27-7-9-28(10-8-27)25(30)13-19(4)34(31,32)23-14-22-20(12-18(23)3)26-24(29)15-33-22/h5-6,11-12,14,19H,7-10,13,15H2,1-4H3,(H,26,29). The van der Waals surface area contributed by atoms with Crippen LogP contribution in [-0.4, -0.2) is 63.2 Å². The number of aryl methyl sites for hydroxylation is 3. The SMILES string of the molecule is Cc1ccc(C)c(N2CCN(C(=O)CC(C)S(=O)(=O)c3cc4c(cc3C)NC(=O)CO4)CC2)c1. The Balaban J connectivity index is 1.42. The summed E-state index contributed by atoms with van der Waals surface area (Å²) in [4.78, 5) is 28.7. The molecule has 2 heterocycles. The Morgan fingerprint density at radius 1 is 1.06 bits per heavy atom. The lowest BCUT2D eigenvalue weighted by molar-refractivity contribution is -0.131. The highest BCUT2D eigenvalue weighted by atomic mass is 32.2. The molecule has 1 fully saturated rings. The number of piperazine rings is 1. The predicted octanol–water partition coefficient (Wildman–Crippen LogP) is 2.84. The molecule has 1 N–H and O–H groups in total. The molecule has 2 amide bonds. The largest absolute Gasteiger partial charge is 0.482 e. The lowest BCUT2D eigenvalue weighted by Crippen LogP contribution is -2.49. The molecule has 8 nitrogen and oxygen atoms in total. The summed E-state index contributed by atoms with van der Waals surface area (Å²) in [6, 6.07) is 9.41. The summed E-state index contributed by atoms with van der Waals surface area (Å²) in [7, 11) is -3.77. The summed E-state index contributed by atoms with van der Waals surface area (Å²) in [6.07, 6.45) is -0.0834. The topological polar surface area (TPSA) is 96.0 Å². The number of amides is 2. The number of sulfone groups is 1. The first-order valence-corrected chi connectivity index (χ1v) is 13.0. The molecule has 0 saturated carbocycles. The van der Waals surface area contributed by atoms with Crippen LogP contribution in [0.4, 0.5) is 11.4 Å². The van der Waals surface area contributed by atoms with Crippen LogP contribution < -0.4 is 15.0 Å². The number of anilines is 2. The highest BCUT2D eigenvalue weighted by molar-refractivity contribution is 7.92. The summed E-state index contributed by atoms with van der Waals surface area (Å²) in [5.74, 6) is -0.111. The minimum Gasteiger partial charge on any atom is -0.482 e. The Labute approximate surface area is 200 Å². The van der Waals surface area contributed by atoms with Crippen LogP contribution in [0.1, 0.15) is 30.0 Å². The number of carbonyl (C=O) groups is 2. The molecule has 0 aliphatic carbocycles. The molecule has 34 heavy (non-hydrogen) atoms. The normalized spacial score (nSPS) is 17.0. The number of carbonyl (C=O) groups excluding carboxylic acids is 2. The minimum atomic E-state index is -3.77. The van der Waals surface area contributed by atoms with E-state index in [1.807, 2.05) is 0 Å². The van der Waals surface area contributed by atoms with Gasteiger partial charge >= 0.3 is 0 Å². The third kappa shape index (κ3) is 4.75. The molecule has 2 aromatic carbocycles. The average Bonchev–Trinajstić information content (AvgIpc) is 2.80. The molecule has 2 aliphatic heterocycles. The van der Waals surface area contributed by atoms with Gasteiger partial charge in [-0.15, -0.1) is 0 Å². The summed E-state index contributed by atoms with van der Waals surface area (Å²) in [5.41, 5.74) is 4.55. The van der Waals surface area contributed by atoms with Gasteiger partial charge in [0.25, 0.3) is 5.91 Å². The maximum Gasteiger partial charge on any atom is 0.262 e. The third-order valence-electron chi connectivity index (χ3n) is 6.55. The summed E-state index contributed by atoms with van der Waals surface area (Å²) >= 11 is 0. The number of fused-ring (bicyclic) bond motifs is 1. The molecule has 182 valence electrons. The highest BCUT2D eigenvalue weighted by Gasteiger charge is 2.32. The van der Waals surface area contributed by atoms with Gasteiger partial charge in [0.15, 0.2) is 16.4 Å². The van der Waals surface area contributed by atoms with E-state index >= 15 is 0 Å². The Hall–Kier alpha value is -3.07. The number of ether oxygens (including phenoxy) is 1. The van der Waals surface area contributed by atoms with Gasteiger partial charge < -0.3 is 19.9 Å². The van der Waals surface area contributed by atoms with E-state index in [2.05, 4.69) is 42.3 Å². The number of nitrogens with one attached hydrogen (secondary N) is 1. The van der Waals surface area contributed by atoms with Crippen molar-refractivity contribution in [1.82, 2.24) is 4.90 Å². The van der Waals surface area contributed by atoms with Crippen molar-refractivity contribution in [3.63, 3.8) is 0 Å². The van der Waals surface area contributed by atoms with Gasteiger partial charge in [0.05, 0.1) is 15.8 Å². The zero-order chi connectivity index (χ0) is 24.6. The lowest BCUT2D eigenvalue weighted by Gasteiger charge is -2.37. The van der Waals surface area contributed by atoms with Crippen molar-refractivity contribution in [1.29, 1.82) is 0 Å². The Morgan fingerprint density at radius 3 is 2.47 bits per heavy atom.